The summed E-state index contributed by atoms with van der Waals surface area (Å²) < 4.78 is 29.5. The summed E-state index contributed by atoms with van der Waals surface area (Å²) in [6.07, 6.45) is 1.71. The van der Waals surface area contributed by atoms with Gasteiger partial charge in [-0.1, -0.05) is 6.07 Å². The van der Waals surface area contributed by atoms with Crippen LogP contribution in [0.4, 0.5) is 10.1 Å². The Kier molecular flexibility index (Phi) is 7.64. The molecule has 0 atom stereocenters. The Labute approximate surface area is 180 Å². The Balaban J connectivity index is 1.57. The predicted molar refractivity (Wildman–Crippen MR) is 119 cm³/mol. The molecule has 0 saturated carbocycles. The van der Waals surface area contributed by atoms with E-state index in [0.29, 0.717) is 42.2 Å². The van der Waals surface area contributed by atoms with E-state index >= 15 is 0 Å². The molecule has 31 heavy (non-hydrogen) atoms. The molecule has 8 heteroatoms. The van der Waals surface area contributed by atoms with Crippen LogP contribution in [0.1, 0.15) is 12.5 Å². The van der Waals surface area contributed by atoms with E-state index in [2.05, 4.69) is 20.6 Å². The molecule has 0 fully saturated rings. The fourth-order valence-corrected chi connectivity index (χ4v) is 2.72. The van der Waals surface area contributed by atoms with E-state index in [9.17, 15) is 4.39 Å². The number of halogens is 1. The van der Waals surface area contributed by atoms with Gasteiger partial charge in [0.05, 0.1) is 13.7 Å². The summed E-state index contributed by atoms with van der Waals surface area (Å²) in [6, 6.07) is 15.0. The fourth-order valence-electron chi connectivity index (χ4n) is 2.72. The molecule has 3 aromatic rings. The minimum atomic E-state index is -0.313. The van der Waals surface area contributed by atoms with Gasteiger partial charge in [0.2, 0.25) is 5.88 Å². The van der Waals surface area contributed by atoms with Gasteiger partial charge in [0.15, 0.2) is 17.5 Å². The van der Waals surface area contributed by atoms with Gasteiger partial charge in [0, 0.05) is 37.6 Å². The molecule has 0 aliphatic carbocycles. The third-order valence-electron chi connectivity index (χ3n) is 4.24. The monoisotopic (exact) mass is 424 g/mol. The van der Waals surface area contributed by atoms with Crippen molar-refractivity contribution in [2.24, 2.45) is 4.99 Å². The van der Waals surface area contributed by atoms with Crippen molar-refractivity contribution < 1.29 is 18.6 Å². The second kappa shape index (κ2) is 10.8. The summed E-state index contributed by atoms with van der Waals surface area (Å²) in [7, 11) is 3.30. The molecule has 162 valence electrons. The highest BCUT2D eigenvalue weighted by molar-refractivity contribution is 5.93. The third kappa shape index (κ3) is 6.33. The number of hydrogen-bond donors (Lipinski definition) is 2. The van der Waals surface area contributed by atoms with Crippen LogP contribution < -0.4 is 24.8 Å². The maximum atomic E-state index is 13.0. The number of aromatic nitrogens is 1. The van der Waals surface area contributed by atoms with E-state index in [4.69, 9.17) is 14.2 Å². The van der Waals surface area contributed by atoms with Crippen LogP contribution in [-0.2, 0) is 6.54 Å². The normalized spacial score (nSPS) is 11.0. The third-order valence-corrected chi connectivity index (χ3v) is 4.24. The topological polar surface area (TPSA) is 77.0 Å². The highest BCUT2D eigenvalue weighted by Crippen LogP contribution is 2.30. The Hall–Kier alpha value is -3.81. The SMILES string of the molecule is CCOc1cc(NC(=NC)NCc2ccc(Oc3ccc(F)cc3)nc2)ccc1OC. The zero-order valence-electron chi connectivity index (χ0n) is 17.7. The standard InChI is InChI=1S/C23H25FN4O3/c1-4-30-21-13-18(8-11-20(21)29-3)28-23(25-2)27-15-16-5-12-22(26-14-16)31-19-9-6-17(24)7-10-19/h5-14H,4,15H2,1-3H3,(H2,25,27,28). The van der Waals surface area contributed by atoms with Gasteiger partial charge in [0.25, 0.3) is 0 Å². The first-order chi connectivity index (χ1) is 15.1. The Morgan fingerprint density at radius 1 is 1.06 bits per heavy atom. The maximum Gasteiger partial charge on any atom is 0.219 e. The van der Waals surface area contributed by atoms with Crippen molar-refractivity contribution >= 4 is 11.6 Å². The van der Waals surface area contributed by atoms with Crippen LogP contribution in [0.3, 0.4) is 0 Å². The van der Waals surface area contributed by atoms with E-state index in [-0.39, 0.29) is 5.82 Å². The fraction of sp³-hybridized carbons (Fsp3) is 0.217. The van der Waals surface area contributed by atoms with Crippen LogP contribution in [0.5, 0.6) is 23.1 Å². The molecule has 0 bridgehead atoms. The highest BCUT2D eigenvalue weighted by atomic mass is 19.1. The molecular weight excluding hydrogens is 399 g/mol. The molecule has 0 saturated heterocycles. The van der Waals surface area contributed by atoms with Gasteiger partial charge < -0.3 is 24.8 Å². The lowest BCUT2D eigenvalue weighted by molar-refractivity contribution is 0.311. The van der Waals surface area contributed by atoms with E-state index < -0.39 is 0 Å². The molecule has 0 aliphatic heterocycles. The molecule has 1 heterocycles. The minimum Gasteiger partial charge on any atom is -0.493 e. The minimum absolute atomic E-state index is 0.313. The Morgan fingerprint density at radius 3 is 2.52 bits per heavy atom. The van der Waals surface area contributed by atoms with Gasteiger partial charge in [-0.25, -0.2) is 9.37 Å². The molecule has 3 rings (SSSR count). The zero-order valence-corrected chi connectivity index (χ0v) is 17.7. The van der Waals surface area contributed by atoms with Crippen molar-refractivity contribution in [3.05, 3.63) is 72.2 Å². The first-order valence-electron chi connectivity index (χ1n) is 9.78. The van der Waals surface area contributed by atoms with E-state index in [1.165, 1.54) is 12.1 Å². The summed E-state index contributed by atoms with van der Waals surface area (Å²) in [5.41, 5.74) is 1.76. The Bertz CT molecular complexity index is 1010. The van der Waals surface area contributed by atoms with E-state index in [1.807, 2.05) is 31.2 Å². The Morgan fingerprint density at radius 2 is 1.87 bits per heavy atom. The number of aliphatic imine (C=N–C) groups is 1. The van der Waals surface area contributed by atoms with Gasteiger partial charge in [-0.15, -0.1) is 0 Å². The summed E-state index contributed by atoms with van der Waals surface area (Å²) in [6.45, 7) is 2.97. The lowest BCUT2D eigenvalue weighted by atomic mass is 10.2. The number of nitrogens with zero attached hydrogens (tertiary/aromatic N) is 2. The van der Waals surface area contributed by atoms with Crippen LogP contribution in [0.15, 0.2) is 65.8 Å². The molecular formula is C23H25FN4O3. The van der Waals surface area contributed by atoms with Gasteiger partial charge in [-0.3, -0.25) is 4.99 Å². The second-order valence-electron chi connectivity index (χ2n) is 6.41. The van der Waals surface area contributed by atoms with Gasteiger partial charge in [-0.05, 0) is 48.9 Å². The molecule has 0 radical (unpaired) electrons. The van der Waals surface area contributed by atoms with Crippen LogP contribution >= 0.6 is 0 Å². The summed E-state index contributed by atoms with van der Waals surface area (Å²) in [5.74, 6) is 2.57. The summed E-state index contributed by atoms with van der Waals surface area (Å²) in [4.78, 5) is 8.53. The van der Waals surface area contributed by atoms with Crippen LogP contribution in [0.25, 0.3) is 0 Å². The lowest BCUT2D eigenvalue weighted by Gasteiger charge is -2.15. The van der Waals surface area contributed by atoms with Crippen molar-refractivity contribution in [3.8, 4) is 23.1 Å². The number of pyridine rings is 1. The van der Waals surface area contributed by atoms with Gasteiger partial charge in [0.1, 0.15) is 11.6 Å². The quantitative estimate of drug-likeness (QED) is 0.406. The van der Waals surface area contributed by atoms with Crippen molar-refractivity contribution in [2.75, 3.05) is 26.1 Å². The maximum absolute atomic E-state index is 13.0. The summed E-state index contributed by atoms with van der Waals surface area (Å²) in [5, 5.41) is 6.46. The average Bonchev–Trinajstić information content (AvgIpc) is 2.79. The largest absolute Gasteiger partial charge is 0.493 e. The molecule has 0 amide bonds. The first kappa shape index (κ1) is 21.9. The first-order valence-corrected chi connectivity index (χ1v) is 9.78. The molecule has 0 spiro atoms. The number of nitrogens with one attached hydrogen (secondary N) is 2. The molecule has 7 nitrogen and oxygen atoms in total. The number of guanidine groups is 1. The zero-order chi connectivity index (χ0) is 22.1. The lowest BCUT2D eigenvalue weighted by Crippen LogP contribution is -2.30. The van der Waals surface area contributed by atoms with E-state index in [1.54, 1.807) is 38.6 Å². The average molecular weight is 424 g/mol. The number of benzene rings is 2. The molecule has 1 aromatic heterocycles. The smallest absolute Gasteiger partial charge is 0.219 e. The number of hydrogen-bond acceptors (Lipinski definition) is 5. The molecule has 2 N–H and O–H groups in total. The number of rotatable bonds is 8. The number of ether oxygens (including phenoxy) is 3. The predicted octanol–water partition coefficient (Wildman–Crippen LogP) is 4.61. The second-order valence-corrected chi connectivity index (χ2v) is 6.41. The summed E-state index contributed by atoms with van der Waals surface area (Å²) >= 11 is 0. The van der Waals surface area contributed by atoms with Gasteiger partial charge in [-0.2, -0.15) is 0 Å². The number of methoxy groups -OCH3 is 1. The molecule has 0 unspecified atom stereocenters. The number of anilines is 1. The van der Waals surface area contributed by atoms with Crippen molar-refractivity contribution in [1.29, 1.82) is 0 Å². The van der Waals surface area contributed by atoms with Gasteiger partial charge >= 0.3 is 0 Å². The van der Waals surface area contributed by atoms with Crippen molar-refractivity contribution in [3.63, 3.8) is 0 Å². The van der Waals surface area contributed by atoms with E-state index in [0.717, 1.165) is 11.3 Å². The molecule has 2 aromatic carbocycles. The highest BCUT2D eigenvalue weighted by Gasteiger charge is 2.07. The van der Waals surface area contributed by atoms with Crippen molar-refractivity contribution in [1.82, 2.24) is 10.3 Å². The molecule has 0 aliphatic rings. The van der Waals surface area contributed by atoms with Crippen LogP contribution in [0, 0.1) is 5.82 Å². The van der Waals surface area contributed by atoms with Crippen molar-refractivity contribution in [2.45, 2.75) is 13.5 Å². The van der Waals surface area contributed by atoms with Crippen LogP contribution in [0.2, 0.25) is 0 Å². The van der Waals surface area contributed by atoms with Crippen LogP contribution in [-0.4, -0.2) is 31.7 Å².